The van der Waals surface area contributed by atoms with Crippen LogP contribution in [0.2, 0.25) is 0 Å². The molecule has 0 aromatic heterocycles. The molecule has 3 nitrogen and oxygen atoms in total. The van der Waals surface area contributed by atoms with Crippen LogP contribution in [-0.2, 0) is 0 Å². The van der Waals surface area contributed by atoms with Gasteiger partial charge in [0.15, 0.2) is 0 Å². The van der Waals surface area contributed by atoms with Gasteiger partial charge in [-0.1, -0.05) is 31.9 Å². The second kappa shape index (κ2) is 6.80. The van der Waals surface area contributed by atoms with E-state index in [4.69, 9.17) is 4.74 Å². The van der Waals surface area contributed by atoms with E-state index in [1.165, 1.54) is 12.0 Å². The first-order valence-corrected chi connectivity index (χ1v) is 7.98. The molecule has 0 bridgehead atoms. The predicted octanol–water partition coefficient (Wildman–Crippen LogP) is 3.28. The summed E-state index contributed by atoms with van der Waals surface area (Å²) in [5.41, 5.74) is 0.639. The lowest BCUT2D eigenvalue weighted by atomic mass is 9.66. The van der Waals surface area contributed by atoms with Crippen LogP contribution in [0.5, 0.6) is 5.75 Å². The van der Waals surface area contributed by atoms with Crippen LogP contribution in [0.25, 0.3) is 0 Å². The van der Waals surface area contributed by atoms with Gasteiger partial charge in [0.25, 0.3) is 0 Å². The van der Waals surface area contributed by atoms with E-state index < -0.39 is 5.60 Å². The van der Waals surface area contributed by atoms with Crippen LogP contribution < -0.4 is 4.74 Å². The Labute approximate surface area is 128 Å². The number of hydrogen-bond acceptors (Lipinski definition) is 3. The van der Waals surface area contributed by atoms with Gasteiger partial charge in [-0.15, -0.1) is 0 Å². The van der Waals surface area contributed by atoms with Crippen molar-refractivity contribution < 1.29 is 9.84 Å². The SMILES string of the molecule is COc1ccc(C2CCCCC2(O)C(C)CN(C)C)cc1. The molecule has 0 aliphatic heterocycles. The van der Waals surface area contributed by atoms with Gasteiger partial charge in [-0.25, -0.2) is 0 Å². The number of aliphatic hydroxyl groups is 1. The Balaban J connectivity index is 2.24. The lowest BCUT2D eigenvalue weighted by molar-refractivity contribution is -0.0677. The lowest BCUT2D eigenvalue weighted by Crippen LogP contribution is -2.48. The van der Waals surface area contributed by atoms with E-state index in [1.807, 2.05) is 12.1 Å². The predicted molar refractivity (Wildman–Crippen MR) is 86.9 cm³/mol. The van der Waals surface area contributed by atoms with Gasteiger partial charge >= 0.3 is 0 Å². The van der Waals surface area contributed by atoms with Crippen molar-refractivity contribution in [2.45, 2.75) is 44.1 Å². The number of methoxy groups -OCH3 is 1. The third-order valence-electron chi connectivity index (χ3n) is 4.93. The normalized spacial score (nSPS) is 27.6. The van der Waals surface area contributed by atoms with Crippen molar-refractivity contribution in [3.63, 3.8) is 0 Å². The van der Waals surface area contributed by atoms with Crippen molar-refractivity contribution in [2.24, 2.45) is 5.92 Å². The summed E-state index contributed by atoms with van der Waals surface area (Å²) < 4.78 is 5.24. The maximum Gasteiger partial charge on any atom is 0.118 e. The van der Waals surface area contributed by atoms with Gasteiger partial charge in [0, 0.05) is 12.5 Å². The third kappa shape index (κ3) is 3.58. The average Bonchev–Trinajstić information content (AvgIpc) is 2.47. The zero-order chi connectivity index (χ0) is 15.5. The summed E-state index contributed by atoms with van der Waals surface area (Å²) in [5, 5.41) is 11.4. The fourth-order valence-electron chi connectivity index (χ4n) is 3.77. The zero-order valence-corrected chi connectivity index (χ0v) is 13.8. The molecule has 1 fully saturated rings. The lowest BCUT2D eigenvalue weighted by Gasteiger charge is -2.45. The minimum absolute atomic E-state index is 0.229. The quantitative estimate of drug-likeness (QED) is 0.903. The van der Waals surface area contributed by atoms with Crippen LogP contribution in [0.1, 0.15) is 44.1 Å². The molecular weight excluding hydrogens is 262 g/mol. The number of rotatable bonds is 5. The fraction of sp³-hybridized carbons (Fsp3) is 0.667. The summed E-state index contributed by atoms with van der Waals surface area (Å²) in [6, 6.07) is 8.23. The smallest absolute Gasteiger partial charge is 0.118 e. The highest BCUT2D eigenvalue weighted by Gasteiger charge is 2.43. The molecule has 1 N–H and O–H groups in total. The Morgan fingerprint density at radius 3 is 2.52 bits per heavy atom. The molecule has 3 unspecified atom stereocenters. The summed E-state index contributed by atoms with van der Waals surface area (Å²) >= 11 is 0. The molecule has 3 heteroatoms. The van der Waals surface area contributed by atoms with Crippen molar-refractivity contribution in [1.82, 2.24) is 4.90 Å². The average molecular weight is 291 g/mol. The summed E-state index contributed by atoms with van der Waals surface area (Å²) in [4.78, 5) is 2.17. The van der Waals surface area contributed by atoms with Gasteiger partial charge in [-0.3, -0.25) is 0 Å². The minimum Gasteiger partial charge on any atom is -0.497 e. The molecule has 1 aliphatic rings. The first-order valence-electron chi connectivity index (χ1n) is 7.98. The standard InChI is InChI=1S/C18H29NO2/c1-14(13-19(2)3)18(20)12-6-5-7-17(18)15-8-10-16(21-4)11-9-15/h8-11,14,17,20H,5-7,12-13H2,1-4H3. The summed E-state index contributed by atoms with van der Waals surface area (Å²) in [7, 11) is 5.83. The first kappa shape index (κ1) is 16.3. The summed E-state index contributed by atoms with van der Waals surface area (Å²) in [5.74, 6) is 1.37. The third-order valence-corrected chi connectivity index (χ3v) is 4.93. The minimum atomic E-state index is -0.600. The van der Waals surface area contributed by atoms with Gasteiger partial charge in [0.1, 0.15) is 5.75 Å². The number of ether oxygens (including phenoxy) is 1. The van der Waals surface area contributed by atoms with Gasteiger partial charge in [-0.2, -0.15) is 0 Å². The molecule has 21 heavy (non-hydrogen) atoms. The monoisotopic (exact) mass is 291 g/mol. The highest BCUT2D eigenvalue weighted by molar-refractivity contribution is 5.31. The molecule has 2 rings (SSSR count). The van der Waals surface area contributed by atoms with Crippen molar-refractivity contribution in [3.05, 3.63) is 29.8 Å². The van der Waals surface area contributed by atoms with Crippen LogP contribution in [0.15, 0.2) is 24.3 Å². The maximum atomic E-state index is 11.4. The van der Waals surface area contributed by atoms with Crippen LogP contribution >= 0.6 is 0 Å². The van der Waals surface area contributed by atoms with Gasteiger partial charge < -0.3 is 14.7 Å². The van der Waals surface area contributed by atoms with Gasteiger partial charge in [-0.05, 0) is 50.6 Å². The number of hydrogen-bond donors (Lipinski definition) is 1. The highest BCUT2D eigenvalue weighted by Crippen LogP contribution is 2.45. The van der Waals surface area contributed by atoms with Crippen molar-refractivity contribution >= 4 is 0 Å². The molecule has 1 aromatic carbocycles. The Kier molecular flexibility index (Phi) is 5.28. The topological polar surface area (TPSA) is 32.7 Å². The van der Waals surface area contributed by atoms with Crippen molar-refractivity contribution in [1.29, 1.82) is 0 Å². The molecule has 0 amide bonds. The maximum absolute atomic E-state index is 11.4. The summed E-state index contributed by atoms with van der Waals surface area (Å²) in [6.07, 6.45) is 4.30. The highest BCUT2D eigenvalue weighted by atomic mass is 16.5. The Morgan fingerprint density at radius 1 is 1.29 bits per heavy atom. The largest absolute Gasteiger partial charge is 0.497 e. The molecular formula is C18H29NO2. The Morgan fingerprint density at radius 2 is 1.95 bits per heavy atom. The molecule has 1 saturated carbocycles. The van der Waals surface area contributed by atoms with E-state index in [9.17, 15) is 5.11 Å². The molecule has 118 valence electrons. The first-order chi connectivity index (χ1) is 9.97. The molecule has 0 spiro atoms. The zero-order valence-electron chi connectivity index (χ0n) is 13.8. The second-order valence-electron chi connectivity index (χ2n) is 6.73. The van der Waals surface area contributed by atoms with Gasteiger partial charge in [0.05, 0.1) is 12.7 Å². The van der Waals surface area contributed by atoms with E-state index in [0.717, 1.165) is 31.6 Å². The van der Waals surface area contributed by atoms with E-state index in [0.29, 0.717) is 0 Å². The van der Waals surface area contributed by atoms with E-state index in [1.54, 1.807) is 7.11 Å². The Hall–Kier alpha value is -1.06. The molecule has 0 heterocycles. The Bertz CT molecular complexity index is 443. The van der Waals surface area contributed by atoms with E-state index in [-0.39, 0.29) is 11.8 Å². The fourth-order valence-corrected chi connectivity index (χ4v) is 3.77. The second-order valence-corrected chi connectivity index (χ2v) is 6.73. The van der Waals surface area contributed by atoms with Gasteiger partial charge in [0.2, 0.25) is 0 Å². The van der Waals surface area contributed by atoms with E-state index in [2.05, 4.69) is 38.1 Å². The van der Waals surface area contributed by atoms with Crippen LogP contribution in [0, 0.1) is 5.92 Å². The van der Waals surface area contributed by atoms with Crippen LogP contribution in [-0.4, -0.2) is 43.4 Å². The van der Waals surface area contributed by atoms with Crippen LogP contribution in [0.3, 0.4) is 0 Å². The summed E-state index contributed by atoms with van der Waals surface area (Å²) in [6.45, 7) is 3.10. The number of nitrogens with zero attached hydrogens (tertiary/aromatic N) is 1. The van der Waals surface area contributed by atoms with Crippen molar-refractivity contribution in [2.75, 3.05) is 27.7 Å². The molecule has 1 aromatic rings. The van der Waals surface area contributed by atoms with Crippen molar-refractivity contribution in [3.8, 4) is 5.75 Å². The molecule has 0 saturated heterocycles. The van der Waals surface area contributed by atoms with E-state index >= 15 is 0 Å². The molecule has 1 aliphatic carbocycles. The molecule has 0 radical (unpaired) electrons. The van der Waals surface area contributed by atoms with Crippen LogP contribution in [0.4, 0.5) is 0 Å². The molecule has 3 atom stereocenters. The number of benzene rings is 1.